The van der Waals surface area contributed by atoms with Gasteiger partial charge in [-0.05, 0) is 48.4 Å². The molecule has 4 rings (SSSR count). The van der Waals surface area contributed by atoms with Crippen molar-refractivity contribution in [1.82, 2.24) is 15.5 Å². The highest BCUT2D eigenvalue weighted by Crippen LogP contribution is 2.27. The molecule has 1 unspecified atom stereocenters. The molecule has 0 spiro atoms. The molecule has 2 N–H and O–H groups in total. The first-order valence-corrected chi connectivity index (χ1v) is 10.1. The number of methoxy groups -OCH3 is 3. The second kappa shape index (κ2) is 8.99. The van der Waals surface area contributed by atoms with Crippen LogP contribution in [0.5, 0.6) is 17.2 Å². The largest absolute Gasteiger partial charge is 0.497 e. The molecule has 1 fully saturated rings. The number of aromatic nitrogens is 2. The summed E-state index contributed by atoms with van der Waals surface area (Å²) >= 11 is 0. The van der Waals surface area contributed by atoms with E-state index in [2.05, 4.69) is 20.4 Å². The number of anilines is 1. The lowest BCUT2D eigenvalue weighted by atomic mass is 10.1. The first kappa shape index (κ1) is 20.6. The molecule has 1 saturated heterocycles. The average Bonchev–Trinajstić information content (AvgIpc) is 3.48. The first-order chi connectivity index (χ1) is 15.1. The number of ether oxygens (including phenoxy) is 3. The molecular formula is C23H26N4O4. The number of benzene rings is 2. The lowest BCUT2D eigenvalue weighted by Crippen LogP contribution is -2.37. The van der Waals surface area contributed by atoms with Crippen LogP contribution in [-0.4, -0.2) is 56.6 Å². The number of carbonyl (C=O) groups excluding carboxylic acids is 1. The van der Waals surface area contributed by atoms with Crippen LogP contribution in [0.3, 0.4) is 0 Å². The molecular weight excluding hydrogens is 396 g/mol. The lowest BCUT2D eigenvalue weighted by Gasteiger charge is -2.17. The zero-order valence-corrected chi connectivity index (χ0v) is 17.8. The molecule has 8 nitrogen and oxygen atoms in total. The van der Waals surface area contributed by atoms with Crippen LogP contribution >= 0.6 is 0 Å². The lowest BCUT2D eigenvalue weighted by molar-refractivity contribution is 0.0937. The quantitative estimate of drug-likeness (QED) is 0.608. The minimum Gasteiger partial charge on any atom is -0.497 e. The van der Waals surface area contributed by atoms with E-state index in [0.29, 0.717) is 23.6 Å². The van der Waals surface area contributed by atoms with Gasteiger partial charge < -0.3 is 24.4 Å². The molecule has 1 atom stereocenters. The van der Waals surface area contributed by atoms with Gasteiger partial charge in [0.25, 0.3) is 5.91 Å². The van der Waals surface area contributed by atoms with Crippen molar-refractivity contribution in [2.45, 2.75) is 12.5 Å². The molecule has 1 amide bonds. The zero-order valence-electron chi connectivity index (χ0n) is 17.8. The minimum atomic E-state index is -0.160. The summed E-state index contributed by atoms with van der Waals surface area (Å²) in [5.41, 5.74) is 2.46. The topological polar surface area (TPSA) is 88.7 Å². The predicted octanol–water partition coefficient (Wildman–Crippen LogP) is 3.11. The number of H-pyrrole nitrogens is 1. The summed E-state index contributed by atoms with van der Waals surface area (Å²) in [6.07, 6.45) is 0.842. The van der Waals surface area contributed by atoms with Gasteiger partial charge in [0.2, 0.25) is 0 Å². The number of amides is 1. The highest BCUT2D eigenvalue weighted by atomic mass is 16.5. The second-order valence-electron chi connectivity index (χ2n) is 7.34. The summed E-state index contributed by atoms with van der Waals surface area (Å²) in [5.74, 6) is 2.65. The van der Waals surface area contributed by atoms with Gasteiger partial charge in [-0.1, -0.05) is 0 Å². The molecule has 2 aromatic carbocycles. The van der Waals surface area contributed by atoms with Crippen molar-refractivity contribution in [1.29, 1.82) is 0 Å². The van der Waals surface area contributed by atoms with E-state index in [-0.39, 0.29) is 11.9 Å². The van der Waals surface area contributed by atoms with E-state index in [1.54, 1.807) is 39.5 Å². The van der Waals surface area contributed by atoms with Crippen LogP contribution in [0.15, 0.2) is 48.5 Å². The van der Waals surface area contributed by atoms with Crippen molar-refractivity contribution in [3.05, 3.63) is 54.1 Å². The Kier molecular flexibility index (Phi) is 5.97. The Bertz CT molecular complexity index is 1050. The monoisotopic (exact) mass is 422 g/mol. The van der Waals surface area contributed by atoms with E-state index < -0.39 is 0 Å². The highest BCUT2D eigenvalue weighted by Gasteiger charge is 2.27. The van der Waals surface area contributed by atoms with E-state index >= 15 is 0 Å². The van der Waals surface area contributed by atoms with Crippen molar-refractivity contribution in [2.75, 3.05) is 39.3 Å². The minimum absolute atomic E-state index is 0.0282. The van der Waals surface area contributed by atoms with Crippen LogP contribution in [0, 0.1) is 0 Å². The summed E-state index contributed by atoms with van der Waals surface area (Å²) in [6.45, 7) is 1.51. The van der Waals surface area contributed by atoms with E-state index in [1.807, 2.05) is 30.3 Å². The molecule has 162 valence electrons. The van der Waals surface area contributed by atoms with Gasteiger partial charge in [0, 0.05) is 31.3 Å². The van der Waals surface area contributed by atoms with Crippen LogP contribution in [-0.2, 0) is 0 Å². The van der Waals surface area contributed by atoms with Crippen LogP contribution in [0.25, 0.3) is 11.3 Å². The predicted molar refractivity (Wildman–Crippen MR) is 118 cm³/mol. The molecule has 0 aliphatic carbocycles. The number of nitrogens with zero attached hydrogens (tertiary/aromatic N) is 2. The third-order valence-electron chi connectivity index (χ3n) is 5.47. The summed E-state index contributed by atoms with van der Waals surface area (Å²) in [5, 5.41) is 10.7. The molecule has 3 aromatic rings. The number of hydrogen-bond donors (Lipinski definition) is 2. The zero-order chi connectivity index (χ0) is 21.8. The number of hydrogen-bond acceptors (Lipinski definition) is 6. The Balaban J connectivity index is 1.40. The summed E-state index contributed by atoms with van der Waals surface area (Å²) in [4.78, 5) is 14.9. The second-order valence-corrected chi connectivity index (χ2v) is 7.34. The Morgan fingerprint density at radius 2 is 1.77 bits per heavy atom. The fourth-order valence-electron chi connectivity index (χ4n) is 3.73. The average molecular weight is 422 g/mol. The van der Waals surface area contributed by atoms with Gasteiger partial charge in [-0.25, -0.2) is 0 Å². The van der Waals surface area contributed by atoms with Crippen molar-refractivity contribution in [2.24, 2.45) is 0 Å². The van der Waals surface area contributed by atoms with E-state index in [9.17, 15) is 4.79 Å². The standard InChI is InChI=1S/C23H26N4O4/c1-29-17-6-4-15(5-7-17)20-13-22(26-25-20)27-11-10-16(14-27)24-23(28)19-9-8-18(30-2)12-21(19)31-3/h4-9,12-13,16H,10-11,14H2,1-3H3,(H,24,28)(H,25,26). The fraction of sp³-hybridized carbons (Fsp3) is 0.304. The summed E-state index contributed by atoms with van der Waals surface area (Å²) in [7, 11) is 4.77. The summed E-state index contributed by atoms with van der Waals surface area (Å²) < 4.78 is 15.8. The van der Waals surface area contributed by atoms with Crippen molar-refractivity contribution < 1.29 is 19.0 Å². The number of carbonyl (C=O) groups is 1. The van der Waals surface area contributed by atoms with E-state index in [4.69, 9.17) is 14.2 Å². The molecule has 2 heterocycles. The van der Waals surface area contributed by atoms with Crippen molar-refractivity contribution >= 4 is 11.7 Å². The molecule has 8 heteroatoms. The third-order valence-corrected chi connectivity index (χ3v) is 5.47. The molecule has 0 bridgehead atoms. The molecule has 1 aromatic heterocycles. The van der Waals surface area contributed by atoms with Crippen molar-refractivity contribution in [3.63, 3.8) is 0 Å². The number of rotatable bonds is 7. The third kappa shape index (κ3) is 4.42. The van der Waals surface area contributed by atoms with E-state index in [1.165, 1.54) is 0 Å². The van der Waals surface area contributed by atoms with Gasteiger partial charge in [-0.2, -0.15) is 5.10 Å². The molecule has 0 saturated carbocycles. The maximum absolute atomic E-state index is 12.8. The normalized spacial score (nSPS) is 15.6. The van der Waals surface area contributed by atoms with Crippen LogP contribution in [0.2, 0.25) is 0 Å². The van der Waals surface area contributed by atoms with Crippen LogP contribution in [0.1, 0.15) is 16.8 Å². The van der Waals surface area contributed by atoms with Gasteiger partial charge in [0.1, 0.15) is 17.2 Å². The Morgan fingerprint density at radius 1 is 1.03 bits per heavy atom. The fourth-order valence-corrected chi connectivity index (χ4v) is 3.73. The Hall–Kier alpha value is -3.68. The van der Waals surface area contributed by atoms with Gasteiger partial charge in [-0.15, -0.1) is 0 Å². The summed E-state index contributed by atoms with van der Waals surface area (Å²) in [6, 6.07) is 15.1. The maximum Gasteiger partial charge on any atom is 0.255 e. The van der Waals surface area contributed by atoms with Gasteiger partial charge >= 0.3 is 0 Å². The number of nitrogens with one attached hydrogen (secondary N) is 2. The highest BCUT2D eigenvalue weighted by molar-refractivity contribution is 5.97. The maximum atomic E-state index is 12.8. The molecule has 31 heavy (non-hydrogen) atoms. The van der Waals surface area contributed by atoms with Crippen molar-refractivity contribution in [3.8, 4) is 28.5 Å². The van der Waals surface area contributed by atoms with Gasteiger partial charge in [0.15, 0.2) is 5.82 Å². The smallest absolute Gasteiger partial charge is 0.255 e. The molecule has 1 aliphatic rings. The SMILES string of the molecule is COc1ccc(-c2cc(N3CCC(NC(=O)c4ccc(OC)cc4OC)C3)n[nH]2)cc1. The van der Waals surface area contributed by atoms with Gasteiger partial charge in [0.05, 0.1) is 32.6 Å². The van der Waals surface area contributed by atoms with Crippen LogP contribution in [0.4, 0.5) is 5.82 Å². The Labute approximate surface area is 181 Å². The Morgan fingerprint density at radius 3 is 2.48 bits per heavy atom. The van der Waals surface area contributed by atoms with Crippen LogP contribution < -0.4 is 24.4 Å². The van der Waals surface area contributed by atoms with E-state index in [0.717, 1.165) is 35.8 Å². The molecule has 1 aliphatic heterocycles. The first-order valence-electron chi connectivity index (χ1n) is 10.1. The van der Waals surface area contributed by atoms with Gasteiger partial charge in [-0.3, -0.25) is 9.89 Å². The molecule has 0 radical (unpaired) electrons. The number of aromatic amines is 1.